The fraction of sp³-hybridized carbons (Fsp3) is 0.500. The summed E-state index contributed by atoms with van der Waals surface area (Å²) < 4.78 is 25.0. The molecule has 7 nitrogen and oxygen atoms in total. The summed E-state index contributed by atoms with van der Waals surface area (Å²) in [6.45, 7) is 0. The Kier molecular flexibility index (Phi) is 3.03. The van der Waals surface area contributed by atoms with Crippen LogP contribution in [0, 0.1) is 0 Å². The topological polar surface area (TPSA) is 104 Å². The van der Waals surface area contributed by atoms with Crippen molar-refractivity contribution in [3.05, 3.63) is 12.7 Å². The molecule has 3 rings (SSSR count). The van der Waals surface area contributed by atoms with Crippen molar-refractivity contribution >= 4 is 33.9 Å². The summed E-state index contributed by atoms with van der Waals surface area (Å²) in [6, 6.07) is 0. The molecule has 0 bridgehead atoms. The van der Waals surface area contributed by atoms with Crippen molar-refractivity contribution in [2.24, 2.45) is 0 Å². The zero-order valence-electron chi connectivity index (χ0n) is 10.0. The molecule has 0 amide bonds. The van der Waals surface area contributed by atoms with E-state index in [-0.39, 0.29) is 5.66 Å². The highest BCUT2D eigenvalue weighted by atomic mass is 31.1. The smallest absolute Gasteiger partial charge is 0.358 e. The second-order valence-corrected chi connectivity index (χ2v) is 6.64. The highest BCUT2D eigenvalue weighted by molar-refractivity contribution is 7.30. The summed E-state index contributed by atoms with van der Waals surface area (Å²) >= 11 is 0. The second-order valence-electron chi connectivity index (χ2n) is 4.63. The normalized spacial score (nSPS) is 27.5. The molecule has 0 saturated heterocycles. The van der Waals surface area contributed by atoms with Crippen LogP contribution in [0.1, 0.15) is 19.3 Å². The molecular weight excluding hydrogens is 284 g/mol. The monoisotopic (exact) mass is 297 g/mol. The third-order valence-electron chi connectivity index (χ3n) is 3.74. The molecule has 2 aromatic heterocycles. The van der Waals surface area contributed by atoms with E-state index in [0.29, 0.717) is 23.4 Å². The maximum atomic E-state index is 11.8. The number of imidazole rings is 1. The van der Waals surface area contributed by atoms with Gasteiger partial charge in [0.05, 0.1) is 0 Å². The van der Waals surface area contributed by atoms with Gasteiger partial charge in [0.2, 0.25) is 5.66 Å². The van der Waals surface area contributed by atoms with Crippen LogP contribution < -0.4 is 5.73 Å². The molecule has 1 aliphatic carbocycles. The van der Waals surface area contributed by atoms with Gasteiger partial charge in [-0.2, -0.15) is 0 Å². The van der Waals surface area contributed by atoms with Gasteiger partial charge in [0.15, 0.2) is 11.5 Å². The highest BCUT2D eigenvalue weighted by Gasteiger charge is 2.58. The van der Waals surface area contributed by atoms with E-state index in [1.54, 1.807) is 10.9 Å². The van der Waals surface area contributed by atoms with Crippen LogP contribution in [0.5, 0.6) is 0 Å². The van der Waals surface area contributed by atoms with Crippen LogP contribution in [0.3, 0.4) is 0 Å². The van der Waals surface area contributed by atoms with Gasteiger partial charge in [0, 0.05) is 12.8 Å². The van der Waals surface area contributed by atoms with Crippen LogP contribution in [-0.4, -0.2) is 25.2 Å². The van der Waals surface area contributed by atoms with E-state index in [4.69, 9.17) is 5.73 Å². The van der Waals surface area contributed by atoms with E-state index in [2.05, 4.69) is 15.0 Å². The lowest BCUT2D eigenvalue weighted by Crippen LogP contribution is -2.32. The van der Waals surface area contributed by atoms with Crippen LogP contribution in [0.25, 0.3) is 11.2 Å². The first-order valence-electron chi connectivity index (χ1n) is 5.94. The molecule has 0 aliphatic heterocycles. The minimum absolute atomic E-state index is 0.128. The Morgan fingerprint density at radius 3 is 2.95 bits per heavy atom. The summed E-state index contributed by atoms with van der Waals surface area (Å²) in [5.74, 6) is 0.298. The molecule has 98 valence electrons. The zero-order valence-corrected chi connectivity index (χ0v) is 12.0. The van der Waals surface area contributed by atoms with Crippen molar-refractivity contribution in [3.63, 3.8) is 0 Å². The Balaban J connectivity index is 2.25. The van der Waals surface area contributed by atoms with Gasteiger partial charge in [-0.1, -0.05) is 9.13 Å². The molecule has 2 heterocycles. The Morgan fingerprint density at radius 2 is 2.21 bits per heavy atom. The number of hydrogen-bond donors (Lipinski definition) is 1. The molecule has 4 atom stereocenters. The Labute approximate surface area is 112 Å². The summed E-state index contributed by atoms with van der Waals surface area (Å²) in [7, 11) is -1.09. The van der Waals surface area contributed by atoms with E-state index in [1.807, 2.05) is 0 Å². The highest BCUT2D eigenvalue weighted by Crippen LogP contribution is 2.51. The number of nitrogen functional groups attached to an aromatic ring is 1. The first-order valence-corrected chi connectivity index (χ1v) is 7.83. The van der Waals surface area contributed by atoms with Crippen LogP contribution in [0.15, 0.2) is 12.7 Å². The summed E-state index contributed by atoms with van der Waals surface area (Å²) in [5.41, 5.74) is 6.69. The van der Waals surface area contributed by atoms with Crippen molar-refractivity contribution < 1.29 is 9.13 Å². The first-order chi connectivity index (χ1) is 9.23. The molecule has 1 saturated carbocycles. The fourth-order valence-corrected chi connectivity index (χ4v) is 4.73. The average molecular weight is 297 g/mol. The lowest BCUT2D eigenvalue weighted by molar-refractivity contribution is 0.439. The molecule has 19 heavy (non-hydrogen) atoms. The third-order valence-corrected chi connectivity index (χ3v) is 6.27. The maximum absolute atomic E-state index is 11.8. The van der Waals surface area contributed by atoms with E-state index >= 15 is 0 Å². The largest absolute Gasteiger partial charge is 0.382 e. The van der Waals surface area contributed by atoms with Gasteiger partial charge in [0.1, 0.15) is 18.2 Å². The minimum atomic E-state index is -0.671. The average Bonchev–Trinajstić information content (AvgIpc) is 3.02. The number of anilines is 1. The third kappa shape index (κ3) is 1.69. The standard InChI is InChI=1S/C10H11N5O2P2/c11-8-7-9(13-4-12-8)15(5-14-7)10(19-17)3-1-2-6(10)18-16/h4-6H,1-3H2,(H2,11,12,13)/p+2. The van der Waals surface area contributed by atoms with Crippen LogP contribution in [-0.2, 0) is 14.4 Å². The lowest BCUT2D eigenvalue weighted by atomic mass is 10.2. The summed E-state index contributed by atoms with van der Waals surface area (Å²) in [6.07, 6.45) is 5.36. The van der Waals surface area contributed by atoms with E-state index < -0.39 is 22.2 Å². The Hall–Kier alpha value is -1.45. The molecule has 2 N–H and O–H groups in total. The van der Waals surface area contributed by atoms with Crippen molar-refractivity contribution in [1.82, 2.24) is 19.5 Å². The summed E-state index contributed by atoms with van der Waals surface area (Å²) in [4.78, 5) is 12.3. The number of rotatable bonds is 3. The number of aromatic nitrogens is 4. The van der Waals surface area contributed by atoms with Gasteiger partial charge in [-0.05, 0) is 6.42 Å². The number of fused-ring (bicyclic) bond motifs is 1. The van der Waals surface area contributed by atoms with Crippen molar-refractivity contribution in [3.8, 4) is 0 Å². The molecule has 9 heteroatoms. The van der Waals surface area contributed by atoms with Crippen molar-refractivity contribution in [2.45, 2.75) is 30.2 Å². The van der Waals surface area contributed by atoms with Gasteiger partial charge in [0.25, 0.3) is 5.28 Å². The molecular formula is C10H13N5O2P2+2. The number of nitrogens with two attached hydrogens (primary N) is 1. The van der Waals surface area contributed by atoms with E-state index in [1.165, 1.54) is 6.33 Å². The van der Waals surface area contributed by atoms with E-state index in [9.17, 15) is 9.13 Å². The molecule has 0 aromatic carbocycles. The van der Waals surface area contributed by atoms with Crippen LogP contribution >= 0.6 is 16.9 Å². The SMILES string of the molecule is Nc1ncnc2c1ncn2C1([PH+]=O)CCCC1[PH+]=O. The molecule has 0 spiro atoms. The van der Waals surface area contributed by atoms with Crippen molar-refractivity contribution in [2.75, 3.05) is 5.73 Å². The Morgan fingerprint density at radius 1 is 1.37 bits per heavy atom. The Bertz CT molecular complexity index is 660. The first kappa shape index (κ1) is 12.6. The van der Waals surface area contributed by atoms with Gasteiger partial charge < -0.3 is 5.73 Å². The summed E-state index contributed by atoms with van der Waals surface area (Å²) in [5, 5.41) is -0.671. The minimum Gasteiger partial charge on any atom is -0.382 e. The molecule has 4 unspecified atom stereocenters. The molecule has 1 fully saturated rings. The number of nitrogens with zero attached hydrogens (tertiary/aromatic N) is 4. The second kappa shape index (κ2) is 4.58. The van der Waals surface area contributed by atoms with Crippen molar-refractivity contribution in [1.29, 1.82) is 0 Å². The van der Waals surface area contributed by atoms with Crippen LogP contribution in [0.4, 0.5) is 5.82 Å². The van der Waals surface area contributed by atoms with E-state index in [0.717, 1.165) is 12.8 Å². The predicted octanol–water partition coefficient (Wildman–Crippen LogP) is 1.66. The van der Waals surface area contributed by atoms with Gasteiger partial charge in [-0.15, -0.1) is 0 Å². The fourth-order valence-electron chi connectivity index (χ4n) is 2.75. The molecule has 2 aromatic rings. The van der Waals surface area contributed by atoms with Gasteiger partial charge >= 0.3 is 16.9 Å². The zero-order chi connectivity index (χ0) is 13.5. The quantitative estimate of drug-likeness (QED) is 0.864. The molecule has 0 radical (unpaired) electrons. The predicted molar refractivity (Wildman–Crippen MR) is 73.4 cm³/mol. The maximum Gasteiger partial charge on any atom is 0.358 e. The number of hydrogen-bond acceptors (Lipinski definition) is 6. The van der Waals surface area contributed by atoms with Gasteiger partial charge in [-0.3, -0.25) is 4.57 Å². The van der Waals surface area contributed by atoms with Crippen LogP contribution in [0.2, 0.25) is 0 Å². The van der Waals surface area contributed by atoms with Gasteiger partial charge in [-0.25, -0.2) is 15.0 Å². The molecule has 1 aliphatic rings. The lowest BCUT2D eigenvalue weighted by Gasteiger charge is -2.16.